The Morgan fingerprint density at radius 3 is 2.29 bits per heavy atom. The van der Waals surface area contributed by atoms with Crippen LogP contribution < -0.4 is 9.64 Å². The molecule has 1 saturated heterocycles. The molecule has 0 spiro atoms. The number of ether oxygens (including phenoxy) is 1. The van der Waals surface area contributed by atoms with Gasteiger partial charge in [0.15, 0.2) is 0 Å². The van der Waals surface area contributed by atoms with E-state index in [0.29, 0.717) is 24.6 Å². The van der Waals surface area contributed by atoms with Crippen molar-refractivity contribution in [2.45, 2.75) is 19.8 Å². The molecule has 1 aliphatic heterocycles. The highest BCUT2D eigenvalue weighted by atomic mass is 16.5. The van der Waals surface area contributed by atoms with Gasteiger partial charge in [-0.25, -0.2) is 4.98 Å². The van der Waals surface area contributed by atoms with Crippen molar-refractivity contribution in [3.8, 4) is 17.0 Å². The van der Waals surface area contributed by atoms with Gasteiger partial charge in [0, 0.05) is 37.1 Å². The summed E-state index contributed by atoms with van der Waals surface area (Å²) in [7, 11) is 1.70. The number of nitrogens with zero attached hydrogens (tertiary/aromatic N) is 3. The Morgan fingerprint density at radius 1 is 0.886 bits per heavy atom. The number of methoxy groups -OCH3 is 1. The van der Waals surface area contributed by atoms with E-state index >= 15 is 0 Å². The van der Waals surface area contributed by atoms with Crippen LogP contribution in [0, 0.1) is 0 Å². The number of piperazine rings is 1. The smallest absolute Gasteiger partial charge is 0.254 e. The predicted molar refractivity (Wildman–Crippen MR) is 142 cm³/mol. The molecule has 5 nitrogen and oxygen atoms in total. The van der Waals surface area contributed by atoms with Crippen LogP contribution in [0.1, 0.15) is 35.7 Å². The largest absolute Gasteiger partial charge is 0.495 e. The molecule has 1 fully saturated rings. The second-order valence-electron chi connectivity index (χ2n) is 9.30. The number of carbonyl (C=O) groups excluding carboxylic acids is 1. The number of rotatable bonds is 5. The summed E-state index contributed by atoms with van der Waals surface area (Å²) >= 11 is 0. The molecule has 3 aromatic carbocycles. The van der Waals surface area contributed by atoms with Crippen molar-refractivity contribution < 1.29 is 9.53 Å². The maximum absolute atomic E-state index is 13.8. The molecule has 2 heterocycles. The van der Waals surface area contributed by atoms with E-state index in [4.69, 9.17) is 9.72 Å². The highest BCUT2D eigenvalue weighted by Crippen LogP contribution is 2.30. The summed E-state index contributed by atoms with van der Waals surface area (Å²) in [5.41, 5.74) is 5.77. The molecule has 1 amide bonds. The lowest BCUT2D eigenvalue weighted by molar-refractivity contribution is 0.0748. The summed E-state index contributed by atoms with van der Waals surface area (Å²) in [6.07, 6.45) is 0. The molecule has 4 aromatic rings. The van der Waals surface area contributed by atoms with Gasteiger partial charge >= 0.3 is 0 Å². The zero-order valence-corrected chi connectivity index (χ0v) is 20.6. The fraction of sp³-hybridized carbons (Fsp3) is 0.267. The van der Waals surface area contributed by atoms with E-state index in [-0.39, 0.29) is 5.91 Å². The van der Waals surface area contributed by atoms with Crippen LogP contribution in [0.15, 0.2) is 78.9 Å². The third kappa shape index (κ3) is 4.59. The normalized spacial score (nSPS) is 13.9. The van der Waals surface area contributed by atoms with Gasteiger partial charge < -0.3 is 14.5 Å². The topological polar surface area (TPSA) is 45.7 Å². The standard InChI is InChI=1S/C30H31N3O2/c1-21(2)22-12-14-23(15-13-22)27-20-25(24-8-4-5-9-26(24)31-27)30(34)33-18-16-32(17-19-33)28-10-6-7-11-29(28)35-3/h4-15,20-21H,16-19H2,1-3H3. The number of benzene rings is 3. The summed E-state index contributed by atoms with van der Waals surface area (Å²) < 4.78 is 5.54. The van der Waals surface area contributed by atoms with Gasteiger partial charge in [-0.05, 0) is 35.7 Å². The van der Waals surface area contributed by atoms with Gasteiger partial charge in [0.1, 0.15) is 5.75 Å². The molecule has 5 rings (SSSR count). The second-order valence-corrected chi connectivity index (χ2v) is 9.30. The molecule has 0 unspecified atom stereocenters. The quantitative estimate of drug-likeness (QED) is 0.363. The first-order chi connectivity index (χ1) is 17.0. The van der Waals surface area contributed by atoms with Crippen LogP contribution in [0.4, 0.5) is 5.69 Å². The van der Waals surface area contributed by atoms with Gasteiger partial charge in [-0.2, -0.15) is 0 Å². The van der Waals surface area contributed by atoms with E-state index in [1.54, 1.807) is 7.11 Å². The predicted octanol–water partition coefficient (Wildman–Crippen LogP) is 6.00. The Kier molecular flexibility index (Phi) is 6.41. The van der Waals surface area contributed by atoms with Gasteiger partial charge in [-0.15, -0.1) is 0 Å². The molecular weight excluding hydrogens is 434 g/mol. The molecule has 0 N–H and O–H groups in total. The summed E-state index contributed by atoms with van der Waals surface area (Å²) in [4.78, 5) is 22.9. The lowest BCUT2D eigenvalue weighted by Crippen LogP contribution is -2.49. The van der Waals surface area contributed by atoms with Gasteiger partial charge in [-0.1, -0.05) is 68.4 Å². The third-order valence-corrected chi connectivity index (χ3v) is 6.81. The number of amides is 1. The molecule has 0 atom stereocenters. The highest BCUT2D eigenvalue weighted by Gasteiger charge is 2.25. The van der Waals surface area contributed by atoms with Crippen LogP contribution in [-0.4, -0.2) is 49.1 Å². The zero-order chi connectivity index (χ0) is 24.4. The van der Waals surface area contributed by atoms with Gasteiger partial charge in [0.05, 0.1) is 29.6 Å². The molecule has 178 valence electrons. The van der Waals surface area contributed by atoms with Crippen molar-refractivity contribution in [1.29, 1.82) is 0 Å². The summed E-state index contributed by atoms with van der Waals surface area (Å²) in [6, 6.07) is 26.4. The minimum absolute atomic E-state index is 0.0586. The van der Waals surface area contributed by atoms with Crippen molar-refractivity contribution in [3.05, 3.63) is 90.0 Å². The fourth-order valence-corrected chi connectivity index (χ4v) is 4.75. The van der Waals surface area contributed by atoms with Crippen molar-refractivity contribution >= 4 is 22.5 Å². The van der Waals surface area contributed by atoms with E-state index in [9.17, 15) is 4.79 Å². The third-order valence-electron chi connectivity index (χ3n) is 6.81. The van der Waals surface area contributed by atoms with E-state index in [1.807, 2.05) is 53.4 Å². The summed E-state index contributed by atoms with van der Waals surface area (Å²) in [6.45, 7) is 7.22. The maximum Gasteiger partial charge on any atom is 0.254 e. The van der Waals surface area contributed by atoms with Crippen molar-refractivity contribution in [3.63, 3.8) is 0 Å². The van der Waals surface area contributed by atoms with E-state index < -0.39 is 0 Å². The molecule has 0 radical (unpaired) electrons. The van der Waals surface area contributed by atoms with Crippen molar-refractivity contribution in [2.75, 3.05) is 38.2 Å². The Morgan fingerprint density at radius 2 is 1.57 bits per heavy atom. The fourth-order valence-electron chi connectivity index (χ4n) is 4.75. The summed E-state index contributed by atoms with van der Waals surface area (Å²) in [5.74, 6) is 1.39. The zero-order valence-electron chi connectivity index (χ0n) is 20.6. The van der Waals surface area contributed by atoms with Crippen LogP contribution in [0.3, 0.4) is 0 Å². The average Bonchev–Trinajstić information content (AvgIpc) is 2.92. The molecule has 0 bridgehead atoms. The monoisotopic (exact) mass is 465 g/mol. The summed E-state index contributed by atoms with van der Waals surface area (Å²) in [5, 5.41) is 0.896. The molecular formula is C30H31N3O2. The molecule has 35 heavy (non-hydrogen) atoms. The van der Waals surface area contributed by atoms with Gasteiger partial charge in [0.25, 0.3) is 5.91 Å². The molecule has 0 saturated carbocycles. The van der Waals surface area contributed by atoms with Crippen LogP contribution in [0.2, 0.25) is 0 Å². The number of anilines is 1. The number of fused-ring (bicyclic) bond motifs is 1. The lowest BCUT2D eigenvalue weighted by Gasteiger charge is -2.36. The maximum atomic E-state index is 13.8. The SMILES string of the molecule is COc1ccccc1N1CCN(C(=O)c2cc(-c3ccc(C(C)C)cc3)nc3ccccc23)CC1. The number of hydrogen-bond donors (Lipinski definition) is 0. The molecule has 1 aliphatic rings. The van der Waals surface area contributed by atoms with Gasteiger partial charge in [-0.3, -0.25) is 4.79 Å². The Hall–Kier alpha value is -3.86. The molecule has 1 aromatic heterocycles. The Balaban J connectivity index is 1.42. The first-order valence-electron chi connectivity index (χ1n) is 12.2. The van der Waals surface area contributed by atoms with Crippen molar-refractivity contribution in [1.82, 2.24) is 9.88 Å². The number of pyridine rings is 1. The number of aromatic nitrogens is 1. The number of para-hydroxylation sites is 3. The van der Waals surface area contributed by atoms with E-state index in [1.165, 1.54) is 5.56 Å². The Bertz CT molecular complexity index is 1340. The van der Waals surface area contributed by atoms with E-state index in [2.05, 4.69) is 49.1 Å². The average molecular weight is 466 g/mol. The first-order valence-corrected chi connectivity index (χ1v) is 12.2. The van der Waals surface area contributed by atoms with Crippen LogP contribution in [0.25, 0.3) is 22.2 Å². The highest BCUT2D eigenvalue weighted by molar-refractivity contribution is 6.07. The molecule has 0 aliphatic carbocycles. The first kappa shape index (κ1) is 22.9. The van der Waals surface area contributed by atoms with Crippen LogP contribution >= 0.6 is 0 Å². The minimum Gasteiger partial charge on any atom is -0.495 e. The minimum atomic E-state index is 0.0586. The van der Waals surface area contributed by atoms with Crippen LogP contribution in [-0.2, 0) is 0 Å². The second kappa shape index (κ2) is 9.79. The van der Waals surface area contributed by atoms with Crippen LogP contribution in [0.5, 0.6) is 5.75 Å². The molecule has 5 heteroatoms. The van der Waals surface area contributed by atoms with Crippen molar-refractivity contribution in [2.24, 2.45) is 0 Å². The Labute approximate surface area is 207 Å². The van der Waals surface area contributed by atoms with E-state index in [0.717, 1.165) is 46.7 Å². The van der Waals surface area contributed by atoms with Gasteiger partial charge in [0.2, 0.25) is 0 Å². The lowest BCUT2D eigenvalue weighted by atomic mass is 9.99. The number of carbonyl (C=O) groups is 1. The number of hydrogen-bond acceptors (Lipinski definition) is 4.